The molecule has 106 valence electrons. The van der Waals surface area contributed by atoms with Crippen LogP contribution in [0.1, 0.15) is 58.8 Å². The molecular formula is C16H31NO. The number of likely N-dealkylation sites (N-methyl/N-ethyl adjacent to an activating group) is 1. The fourth-order valence-corrected chi connectivity index (χ4v) is 3.72. The van der Waals surface area contributed by atoms with E-state index < -0.39 is 0 Å². The summed E-state index contributed by atoms with van der Waals surface area (Å²) in [5.41, 5.74) is 0. The van der Waals surface area contributed by atoms with Gasteiger partial charge in [0.05, 0.1) is 6.10 Å². The van der Waals surface area contributed by atoms with Gasteiger partial charge in [-0.3, -0.25) is 0 Å². The first kappa shape index (κ1) is 14.3. The van der Waals surface area contributed by atoms with Gasteiger partial charge >= 0.3 is 0 Å². The molecule has 2 rings (SSSR count). The Balaban J connectivity index is 1.81. The Morgan fingerprint density at radius 3 is 2.44 bits per heavy atom. The molecule has 2 aliphatic rings. The van der Waals surface area contributed by atoms with Gasteiger partial charge in [0.2, 0.25) is 0 Å². The molecule has 0 amide bonds. The molecule has 0 radical (unpaired) electrons. The SMILES string of the molecule is CNC1CCC(C(C)C)CC1OCC1CCCC1. The molecular weight excluding hydrogens is 222 g/mol. The van der Waals surface area contributed by atoms with Crippen molar-refractivity contribution in [3.05, 3.63) is 0 Å². The fraction of sp³-hybridized carbons (Fsp3) is 1.00. The maximum Gasteiger partial charge on any atom is 0.0730 e. The highest BCUT2D eigenvalue weighted by molar-refractivity contribution is 4.86. The zero-order chi connectivity index (χ0) is 13.0. The van der Waals surface area contributed by atoms with Crippen molar-refractivity contribution in [2.75, 3.05) is 13.7 Å². The Hall–Kier alpha value is -0.0800. The predicted octanol–water partition coefficient (Wildman–Crippen LogP) is 3.61. The molecule has 2 aliphatic carbocycles. The summed E-state index contributed by atoms with van der Waals surface area (Å²) in [6, 6.07) is 0.585. The van der Waals surface area contributed by atoms with Gasteiger partial charge in [0.25, 0.3) is 0 Å². The summed E-state index contributed by atoms with van der Waals surface area (Å²) >= 11 is 0. The van der Waals surface area contributed by atoms with Crippen LogP contribution in [-0.4, -0.2) is 25.8 Å². The normalized spacial score (nSPS) is 34.3. The van der Waals surface area contributed by atoms with E-state index in [1.165, 1.54) is 44.9 Å². The molecule has 2 heteroatoms. The Labute approximate surface area is 113 Å². The zero-order valence-corrected chi connectivity index (χ0v) is 12.5. The first-order chi connectivity index (χ1) is 8.70. The third kappa shape index (κ3) is 3.71. The van der Waals surface area contributed by atoms with E-state index in [2.05, 4.69) is 26.2 Å². The lowest BCUT2D eigenvalue weighted by Crippen LogP contribution is -2.45. The van der Waals surface area contributed by atoms with E-state index >= 15 is 0 Å². The van der Waals surface area contributed by atoms with Gasteiger partial charge in [0.15, 0.2) is 0 Å². The number of ether oxygens (including phenoxy) is 1. The average Bonchev–Trinajstić information content (AvgIpc) is 2.89. The van der Waals surface area contributed by atoms with Crippen molar-refractivity contribution in [1.82, 2.24) is 5.32 Å². The van der Waals surface area contributed by atoms with Crippen molar-refractivity contribution < 1.29 is 4.74 Å². The van der Waals surface area contributed by atoms with E-state index in [9.17, 15) is 0 Å². The number of nitrogens with one attached hydrogen (secondary N) is 1. The maximum absolute atomic E-state index is 6.29. The van der Waals surface area contributed by atoms with Crippen LogP contribution in [0, 0.1) is 17.8 Å². The number of hydrogen-bond donors (Lipinski definition) is 1. The second-order valence-electron chi connectivity index (χ2n) is 6.73. The van der Waals surface area contributed by atoms with Gasteiger partial charge in [0.1, 0.15) is 0 Å². The third-order valence-corrected chi connectivity index (χ3v) is 5.17. The van der Waals surface area contributed by atoms with Crippen LogP contribution in [0.5, 0.6) is 0 Å². The van der Waals surface area contributed by atoms with Crippen molar-refractivity contribution in [3.8, 4) is 0 Å². The van der Waals surface area contributed by atoms with E-state index in [1.54, 1.807) is 0 Å². The minimum absolute atomic E-state index is 0.455. The lowest BCUT2D eigenvalue weighted by atomic mass is 9.78. The summed E-state index contributed by atoms with van der Waals surface area (Å²) < 4.78 is 6.29. The highest BCUT2D eigenvalue weighted by Gasteiger charge is 2.32. The van der Waals surface area contributed by atoms with Crippen LogP contribution >= 0.6 is 0 Å². The molecule has 0 bridgehead atoms. The average molecular weight is 253 g/mol. The smallest absolute Gasteiger partial charge is 0.0730 e. The third-order valence-electron chi connectivity index (χ3n) is 5.17. The van der Waals surface area contributed by atoms with Gasteiger partial charge in [-0.05, 0) is 56.9 Å². The molecule has 2 fully saturated rings. The Morgan fingerprint density at radius 1 is 1.11 bits per heavy atom. The second kappa shape index (κ2) is 6.91. The van der Waals surface area contributed by atoms with Gasteiger partial charge in [-0.25, -0.2) is 0 Å². The summed E-state index contributed by atoms with van der Waals surface area (Å²) in [6.07, 6.45) is 9.99. The van der Waals surface area contributed by atoms with Crippen molar-refractivity contribution >= 4 is 0 Å². The molecule has 0 spiro atoms. The summed E-state index contributed by atoms with van der Waals surface area (Å²) in [7, 11) is 2.09. The summed E-state index contributed by atoms with van der Waals surface area (Å²) in [5, 5.41) is 3.46. The van der Waals surface area contributed by atoms with Crippen molar-refractivity contribution in [2.24, 2.45) is 17.8 Å². The molecule has 18 heavy (non-hydrogen) atoms. The lowest BCUT2D eigenvalue weighted by Gasteiger charge is -2.38. The van der Waals surface area contributed by atoms with Crippen molar-refractivity contribution in [1.29, 1.82) is 0 Å². The van der Waals surface area contributed by atoms with E-state index in [0.717, 1.165) is 24.4 Å². The number of hydrogen-bond acceptors (Lipinski definition) is 2. The van der Waals surface area contributed by atoms with Gasteiger partial charge in [-0.2, -0.15) is 0 Å². The van der Waals surface area contributed by atoms with E-state index in [4.69, 9.17) is 4.74 Å². The first-order valence-corrected chi connectivity index (χ1v) is 7.99. The zero-order valence-electron chi connectivity index (χ0n) is 12.5. The Morgan fingerprint density at radius 2 is 1.83 bits per heavy atom. The maximum atomic E-state index is 6.29. The quantitative estimate of drug-likeness (QED) is 0.808. The van der Waals surface area contributed by atoms with Gasteiger partial charge < -0.3 is 10.1 Å². The summed E-state index contributed by atoms with van der Waals surface area (Å²) in [5.74, 6) is 2.52. The largest absolute Gasteiger partial charge is 0.376 e. The van der Waals surface area contributed by atoms with Crippen molar-refractivity contribution in [3.63, 3.8) is 0 Å². The standard InChI is InChI=1S/C16H31NO/c1-12(2)14-8-9-15(17-3)16(10-14)18-11-13-6-4-5-7-13/h12-17H,4-11H2,1-3H3. The fourth-order valence-electron chi connectivity index (χ4n) is 3.72. The molecule has 0 aliphatic heterocycles. The molecule has 3 unspecified atom stereocenters. The molecule has 0 aromatic carbocycles. The van der Waals surface area contributed by atoms with Gasteiger partial charge in [-0.1, -0.05) is 26.7 Å². The van der Waals surface area contributed by atoms with Crippen LogP contribution in [0.2, 0.25) is 0 Å². The molecule has 1 N–H and O–H groups in total. The Bertz CT molecular complexity index is 235. The summed E-state index contributed by atoms with van der Waals surface area (Å²) in [6.45, 7) is 5.73. The minimum atomic E-state index is 0.455. The molecule has 0 aromatic rings. The van der Waals surface area contributed by atoms with Crippen LogP contribution < -0.4 is 5.32 Å². The van der Waals surface area contributed by atoms with E-state index in [-0.39, 0.29) is 0 Å². The predicted molar refractivity (Wildman–Crippen MR) is 76.7 cm³/mol. The molecule has 2 saturated carbocycles. The van der Waals surface area contributed by atoms with E-state index in [1.807, 2.05) is 0 Å². The number of rotatable bonds is 5. The van der Waals surface area contributed by atoms with Crippen LogP contribution in [0.15, 0.2) is 0 Å². The molecule has 0 aromatic heterocycles. The van der Waals surface area contributed by atoms with Crippen LogP contribution in [-0.2, 0) is 4.74 Å². The highest BCUT2D eigenvalue weighted by atomic mass is 16.5. The topological polar surface area (TPSA) is 21.3 Å². The monoisotopic (exact) mass is 253 g/mol. The highest BCUT2D eigenvalue weighted by Crippen LogP contribution is 2.33. The van der Waals surface area contributed by atoms with Crippen LogP contribution in [0.4, 0.5) is 0 Å². The summed E-state index contributed by atoms with van der Waals surface area (Å²) in [4.78, 5) is 0. The lowest BCUT2D eigenvalue weighted by molar-refractivity contribution is -0.0288. The Kier molecular flexibility index (Phi) is 5.50. The molecule has 0 saturated heterocycles. The molecule has 2 nitrogen and oxygen atoms in total. The van der Waals surface area contributed by atoms with Gasteiger partial charge in [-0.15, -0.1) is 0 Å². The first-order valence-electron chi connectivity index (χ1n) is 7.99. The van der Waals surface area contributed by atoms with Crippen molar-refractivity contribution in [2.45, 2.75) is 70.9 Å². The van der Waals surface area contributed by atoms with Crippen LogP contribution in [0.3, 0.4) is 0 Å². The van der Waals surface area contributed by atoms with E-state index in [0.29, 0.717) is 12.1 Å². The molecule has 0 heterocycles. The second-order valence-corrected chi connectivity index (χ2v) is 6.73. The van der Waals surface area contributed by atoms with Gasteiger partial charge in [0, 0.05) is 12.6 Å². The minimum Gasteiger partial charge on any atom is -0.376 e. The van der Waals surface area contributed by atoms with Crippen LogP contribution in [0.25, 0.3) is 0 Å². The molecule has 3 atom stereocenters.